The molecule has 0 spiro atoms. The molecule has 19 heavy (non-hydrogen) atoms. The standard InChI is InChI=1S/C13H18N2O4/c1-9-5-3-7-11(12(9)15(18)19)14-8-4-6-10(2)13(16)17/h3,5,7,10,14H,4,6,8H2,1-2H3,(H,16,17). The van der Waals surface area contributed by atoms with Crippen molar-refractivity contribution < 1.29 is 14.8 Å². The third-order valence-electron chi connectivity index (χ3n) is 2.97. The van der Waals surface area contributed by atoms with Crippen LogP contribution in [0, 0.1) is 23.0 Å². The topological polar surface area (TPSA) is 92.5 Å². The molecule has 6 nitrogen and oxygen atoms in total. The van der Waals surface area contributed by atoms with E-state index in [9.17, 15) is 14.9 Å². The van der Waals surface area contributed by atoms with Crippen molar-refractivity contribution in [1.29, 1.82) is 0 Å². The Morgan fingerprint density at radius 2 is 2.21 bits per heavy atom. The Labute approximate surface area is 111 Å². The van der Waals surface area contributed by atoms with Crippen molar-refractivity contribution >= 4 is 17.3 Å². The molecule has 0 aliphatic rings. The van der Waals surface area contributed by atoms with E-state index in [1.54, 1.807) is 32.0 Å². The average Bonchev–Trinajstić information content (AvgIpc) is 2.33. The van der Waals surface area contributed by atoms with Gasteiger partial charge in [0.05, 0.1) is 10.8 Å². The number of aryl methyl sites for hydroxylation is 1. The molecule has 6 heteroatoms. The van der Waals surface area contributed by atoms with Gasteiger partial charge >= 0.3 is 5.97 Å². The molecule has 0 amide bonds. The largest absolute Gasteiger partial charge is 0.481 e. The quantitative estimate of drug-likeness (QED) is 0.449. The molecule has 0 saturated carbocycles. The summed E-state index contributed by atoms with van der Waals surface area (Å²) in [4.78, 5) is 21.2. The number of hydrogen-bond donors (Lipinski definition) is 2. The summed E-state index contributed by atoms with van der Waals surface area (Å²) in [5.41, 5.74) is 1.16. The Morgan fingerprint density at radius 3 is 2.79 bits per heavy atom. The van der Waals surface area contributed by atoms with Gasteiger partial charge in [0.1, 0.15) is 5.69 Å². The highest BCUT2D eigenvalue weighted by molar-refractivity contribution is 5.69. The lowest BCUT2D eigenvalue weighted by molar-refractivity contribution is -0.384. The molecular weight excluding hydrogens is 248 g/mol. The highest BCUT2D eigenvalue weighted by Gasteiger charge is 2.16. The maximum absolute atomic E-state index is 11.0. The lowest BCUT2D eigenvalue weighted by atomic mass is 10.1. The van der Waals surface area contributed by atoms with E-state index in [1.807, 2.05) is 0 Å². The molecular formula is C13H18N2O4. The van der Waals surface area contributed by atoms with Crippen molar-refractivity contribution in [2.45, 2.75) is 26.7 Å². The van der Waals surface area contributed by atoms with Gasteiger partial charge in [-0.15, -0.1) is 0 Å². The lowest BCUT2D eigenvalue weighted by Crippen LogP contribution is -2.12. The van der Waals surface area contributed by atoms with Gasteiger partial charge in [0.25, 0.3) is 5.69 Å². The molecule has 0 aliphatic heterocycles. The summed E-state index contributed by atoms with van der Waals surface area (Å²) in [6.07, 6.45) is 1.19. The molecule has 1 atom stereocenters. The normalized spacial score (nSPS) is 11.9. The Bertz CT molecular complexity index is 474. The molecule has 1 unspecified atom stereocenters. The summed E-state index contributed by atoms with van der Waals surface area (Å²) < 4.78 is 0. The Morgan fingerprint density at radius 1 is 1.53 bits per heavy atom. The zero-order valence-electron chi connectivity index (χ0n) is 11.0. The highest BCUT2D eigenvalue weighted by atomic mass is 16.6. The number of anilines is 1. The number of nitro benzene ring substituents is 1. The van der Waals surface area contributed by atoms with Gasteiger partial charge in [0.15, 0.2) is 0 Å². The summed E-state index contributed by atoms with van der Waals surface area (Å²) >= 11 is 0. The number of carbonyl (C=O) groups is 1. The number of nitrogens with one attached hydrogen (secondary N) is 1. The number of nitro groups is 1. The number of para-hydroxylation sites is 1. The highest BCUT2D eigenvalue weighted by Crippen LogP contribution is 2.27. The van der Waals surface area contributed by atoms with E-state index in [4.69, 9.17) is 5.11 Å². The molecule has 0 bridgehead atoms. The van der Waals surface area contributed by atoms with Crippen molar-refractivity contribution in [3.8, 4) is 0 Å². The third kappa shape index (κ3) is 4.24. The molecule has 1 aromatic rings. The first-order valence-electron chi connectivity index (χ1n) is 6.14. The van der Waals surface area contributed by atoms with Crippen molar-refractivity contribution in [1.82, 2.24) is 0 Å². The van der Waals surface area contributed by atoms with Gasteiger partial charge in [-0.3, -0.25) is 14.9 Å². The minimum absolute atomic E-state index is 0.0776. The number of nitrogens with zero attached hydrogens (tertiary/aromatic N) is 1. The van der Waals surface area contributed by atoms with Gasteiger partial charge in [-0.05, 0) is 25.8 Å². The SMILES string of the molecule is Cc1cccc(NCCCC(C)C(=O)O)c1[N+](=O)[O-]. The summed E-state index contributed by atoms with van der Waals surface area (Å²) in [6.45, 7) is 3.86. The maximum atomic E-state index is 11.0. The van der Waals surface area contributed by atoms with Crippen LogP contribution in [0.1, 0.15) is 25.3 Å². The number of carboxylic acids is 1. The molecule has 2 N–H and O–H groups in total. The van der Waals surface area contributed by atoms with Gasteiger partial charge in [0.2, 0.25) is 0 Å². The van der Waals surface area contributed by atoms with Gasteiger partial charge in [-0.2, -0.15) is 0 Å². The van der Waals surface area contributed by atoms with E-state index in [2.05, 4.69) is 5.32 Å². The second kappa shape index (κ2) is 6.72. The molecule has 0 aromatic heterocycles. The van der Waals surface area contributed by atoms with Crippen LogP contribution in [0.2, 0.25) is 0 Å². The van der Waals surface area contributed by atoms with E-state index in [1.165, 1.54) is 0 Å². The number of benzene rings is 1. The molecule has 104 valence electrons. The molecule has 1 aromatic carbocycles. The summed E-state index contributed by atoms with van der Waals surface area (Å²) in [6, 6.07) is 5.10. The van der Waals surface area contributed by atoms with Crippen LogP contribution in [-0.4, -0.2) is 22.5 Å². The van der Waals surface area contributed by atoms with E-state index in [0.29, 0.717) is 30.6 Å². The van der Waals surface area contributed by atoms with Crippen LogP contribution in [-0.2, 0) is 4.79 Å². The fourth-order valence-corrected chi connectivity index (χ4v) is 1.80. The Kier molecular flexibility index (Phi) is 5.29. The fourth-order valence-electron chi connectivity index (χ4n) is 1.80. The van der Waals surface area contributed by atoms with E-state index >= 15 is 0 Å². The first-order chi connectivity index (χ1) is 8.93. The van der Waals surface area contributed by atoms with Gasteiger partial charge < -0.3 is 10.4 Å². The Hall–Kier alpha value is -2.11. The zero-order valence-corrected chi connectivity index (χ0v) is 11.0. The smallest absolute Gasteiger partial charge is 0.306 e. The van der Waals surface area contributed by atoms with Gasteiger partial charge in [0, 0.05) is 12.1 Å². The van der Waals surface area contributed by atoms with Crippen LogP contribution in [0.5, 0.6) is 0 Å². The molecule has 0 saturated heterocycles. The molecule has 0 radical (unpaired) electrons. The molecule has 1 rings (SSSR count). The van der Waals surface area contributed by atoms with E-state index < -0.39 is 16.8 Å². The van der Waals surface area contributed by atoms with Gasteiger partial charge in [-0.25, -0.2) is 0 Å². The predicted octanol–water partition coefficient (Wildman–Crippen LogP) is 2.82. The molecule has 0 fully saturated rings. The van der Waals surface area contributed by atoms with Crippen LogP contribution in [0.15, 0.2) is 18.2 Å². The number of carboxylic acid groups (broad SMARTS) is 1. The summed E-state index contributed by atoms with van der Waals surface area (Å²) in [7, 11) is 0. The van der Waals surface area contributed by atoms with Crippen LogP contribution in [0.4, 0.5) is 11.4 Å². The molecule has 0 aliphatic carbocycles. The van der Waals surface area contributed by atoms with Crippen LogP contribution >= 0.6 is 0 Å². The summed E-state index contributed by atoms with van der Waals surface area (Å²) in [5.74, 6) is -1.21. The first-order valence-corrected chi connectivity index (χ1v) is 6.14. The van der Waals surface area contributed by atoms with E-state index in [0.717, 1.165) is 0 Å². The number of aliphatic carboxylic acids is 1. The minimum atomic E-state index is -0.818. The van der Waals surface area contributed by atoms with Crippen LogP contribution in [0.25, 0.3) is 0 Å². The monoisotopic (exact) mass is 266 g/mol. The second-order valence-electron chi connectivity index (χ2n) is 4.54. The number of rotatable bonds is 7. The lowest BCUT2D eigenvalue weighted by Gasteiger charge is -2.09. The van der Waals surface area contributed by atoms with Gasteiger partial charge in [-0.1, -0.05) is 19.1 Å². The van der Waals surface area contributed by atoms with Crippen molar-refractivity contribution in [3.63, 3.8) is 0 Å². The zero-order chi connectivity index (χ0) is 14.4. The van der Waals surface area contributed by atoms with Crippen LogP contribution < -0.4 is 5.32 Å². The number of hydrogen-bond acceptors (Lipinski definition) is 4. The minimum Gasteiger partial charge on any atom is -0.481 e. The van der Waals surface area contributed by atoms with Crippen LogP contribution in [0.3, 0.4) is 0 Å². The second-order valence-corrected chi connectivity index (χ2v) is 4.54. The third-order valence-corrected chi connectivity index (χ3v) is 2.97. The maximum Gasteiger partial charge on any atom is 0.306 e. The molecule has 0 heterocycles. The van der Waals surface area contributed by atoms with E-state index in [-0.39, 0.29) is 5.69 Å². The predicted molar refractivity (Wildman–Crippen MR) is 72.4 cm³/mol. The summed E-state index contributed by atoms with van der Waals surface area (Å²) in [5, 5.41) is 22.7. The van der Waals surface area contributed by atoms with Crippen molar-refractivity contribution in [2.24, 2.45) is 5.92 Å². The fraction of sp³-hybridized carbons (Fsp3) is 0.462. The van der Waals surface area contributed by atoms with Crippen molar-refractivity contribution in [2.75, 3.05) is 11.9 Å². The average molecular weight is 266 g/mol. The first kappa shape index (κ1) is 14.9. The van der Waals surface area contributed by atoms with Crippen molar-refractivity contribution in [3.05, 3.63) is 33.9 Å². The Balaban J connectivity index is 2.57.